The second-order valence-corrected chi connectivity index (χ2v) is 4.78. The Labute approximate surface area is 109 Å². The molecule has 1 aromatic carbocycles. The summed E-state index contributed by atoms with van der Waals surface area (Å²) in [5.74, 6) is 0.322. The molecule has 5 nitrogen and oxygen atoms in total. The number of aromatic nitrogens is 4. The summed E-state index contributed by atoms with van der Waals surface area (Å²) in [6.45, 7) is 4.19. The van der Waals surface area contributed by atoms with Crippen LogP contribution in [0.25, 0.3) is 16.6 Å². The Bertz CT molecular complexity index is 785. The van der Waals surface area contributed by atoms with E-state index in [0.717, 1.165) is 16.6 Å². The van der Waals surface area contributed by atoms with Crippen LogP contribution in [0.3, 0.4) is 0 Å². The standard InChI is InChI=1S/C14H14N4O/c1-9(2)11-5-3-4-6-12(11)18-14(19)13-10(8-16-18)7-15-17-13/h3-9H,1-2H3,(H,15,17). The fraction of sp³-hybridized carbons (Fsp3) is 0.214. The molecule has 0 spiro atoms. The number of hydrogen-bond acceptors (Lipinski definition) is 3. The zero-order valence-electron chi connectivity index (χ0n) is 10.8. The third-order valence-electron chi connectivity index (χ3n) is 3.17. The summed E-state index contributed by atoms with van der Waals surface area (Å²) in [7, 11) is 0. The maximum Gasteiger partial charge on any atom is 0.297 e. The summed E-state index contributed by atoms with van der Waals surface area (Å²) in [6, 6.07) is 7.81. The van der Waals surface area contributed by atoms with Gasteiger partial charge < -0.3 is 0 Å². The van der Waals surface area contributed by atoms with Gasteiger partial charge in [-0.15, -0.1) is 0 Å². The highest BCUT2D eigenvalue weighted by Gasteiger charge is 2.12. The summed E-state index contributed by atoms with van der Waals surface area (Å²) in [6.07, 6.45) is 3.25. The zero-order valence-corrected chi connectivity index (χ0v) is 10.8. The van der Waals surface area contributed by atoms with Crippen LogP contribution in [0, 0.1) is 0 Å². The lowest BCUT2D eigenvalue weighted by molar-refractivity contribution is 0.776. The van der Waals surface area contributed by atoms with E-state index < -0.39 is 0 Å². The first-order valence-corrected chi connectivity index (χ1v) is 6.19. The molecule has 3 aromatic rings. The van der Waals surface area contributed by atoms with Crippen molar-refractivity contribution in [3.8, 4) is 5.69 Å². The van der Waals surface area contributed by atoms with E-state index in [0.29, 0.717) is 11.4 Å². The predicted octanol–water partition coefficient (Wildman–Crippen LogP) is 2.23. The van der Waals surface area contributed by atoms with Crippen molar-refractivity contribution in [3.05, 3.63) is 52.6 Å². The maximum absolute atomic E-state index is 12.4. The van der Waals surface area contributed by atoms with Gasteiger partial charge in [-0.2, -0.15) is 14.9 Å². The Morgan fingerprint density at radius 3 is 2.79 bits per heavy atom. The third-order valence-corrected chi connectivity index (χ3v) is 3.17. The molecular weight excluding hydrogens is 240 g/mol. The normalized spacial score (nSPS) is 11.3. The van der Waals surface area contributed by atoms with E-state index in [9.17, 15) is 4.79 Å². The fourth-order valence-corrected chi connectivity index (χ4v) is 2.18. The molecule has 5 heteroatoms. The molecule has 0 radical (unpaired) electrons. The molecule has 2 aromatic heterocycles. The van der Waals surface area contributed by atoms with Crippen LogP contribution in [-0.4, -0.2) is 20.0 Å². The van der Waals surface area contributed by atoms with Crippen molar-refractivity contribution in [1.29, 1.82) is 0 Å². The Hall–Kier alpha value is -2.43. The molecule has 0 aliphatic carbocycles. The highest BCUT2D eigenvalue weighted by molar-refractivity contribution is 5.75. The monoisotopic (exact) mass is 254 g/mol. The van der Waals surface area contributed by atoms with E-state index in [-0.39, 0.29) is 5.56 Å². The van der Waals surface area contributed by atoms with Crippen LogP contribution >= 0.6 is 0 Å². The zero-order chi connectivity index (χ0) is 13.4. The summed E-state index contributed by atoms with van der Waals surface area (Å²) in [4.78, 5) is 12.4. The smallest absolute Gasteiger partial charge is 0.272 e. The lowest BCUT2D eigenvalue weighted by Gasteiger charge is -2.13. The second kappa shape index (κ2) is 4.35. The first-order chi connectivity index (χ1) is 9.18. The molecule has 0 bridgehead atoms. The van der Waals surface area contributed by atoms with Crippen molar-refractivity contribution < 1.29 is 0 Å². The topological polar surface area (TPSA) is 63.6 Å². The fourth-order valence-electron chi connectivity index (χ4n) is 2.18. The number of benzene rings is 1. The van der Waals surface area contributed by atoms with E-state index in [2.05, 4.69) is 29.1 Å². The number of fused-ring (bicyclic) bond motifs is 1. The summed E-state index contributed by atoms with van der Waals surface area (Å²) < 4.78 is 1.43. The minimum atomic E-state index is -0.178. The van der Waals surface area contributed by atoms with Crippen molar-refractivity contribution >= 4 is 10.9 Å². The van der Waals surface area contributed by atoms with Gasteiger partial charge >= 0.3 is 0 Å². The number of H-pyrrole nitrogens is 1. The van der Waals surface area contributed by atoms with Gasteiger partial charge in [-0.05, 0) is 17.5 Å². The van der Waals surface area contributed by atoms with E-state index in [1.54, 1.807) is 12.4 Å². The highest BCUT2D eigenvalue weighted by Crippen LogP contribution is 2.21. The van der Waals surface area contributed by atoms with Crippen LogP contribution in [0.2, 0.25) is 0 Å². The van der Waals surface area contributed by atoms with Crippen molar-refractivity contribution in [1.82, 2.24) is 20.0 Å². The molecule has 0 aliphatic heterocycles. The highest BCUT2D eigenvalue weighted by atomic mass is 16.1. The summed E-state index contributed by atoms with van der Waals surface area (Å²) in [5, 5.41) is 11.6. The predicted molar refractivity (Wildman–Crippen MR) is 73.6 cm³/mol. The Balaban J connectivity index is 2.30. The Morgan fingerprint density at radius 2 is 2.00 bits per heavy atom. The molecule has 0 fully saturated rings. The Kier molecular flexibility index (Phi) is 2.67. The van der Waals surface area contributed by atoms with Gasteiger partial charge in [0.05, 0.1) is 18.1 Å². The molecule has 96 valence electrons. The summed E-state index contributed by atoms with van der Waals surface area (Å²) in [5.41, 5.74) is 2.21. The minimum absolute atomic E-state index is 0.178. The first kappa shape index (κ1) is 11.6. The number of para-hydroxylation sites is 1. The third kappa shape index (κ3) is 1.83. The number of hydrogen-bond donors (Lipinski definition) is 1. The van der Waals surface area contributed by atoms with Gasteiger partial charge in [-0.25, -0.2) is 0 Å². The van der Waals surface area contributed by atoms with Crippen LogP contribution in [0.5, 0.6) is 0 Å². The molecular formula is C14H14N4O. The van der Waals surface area contributed by atoms with Crippen molar-refractivity contribution in [2.75, 3.05) is 0 Å². The van der Waals surface area contributed by atoms with Gasteiger partial charge in [0, 0.05) is 5.39 Å². The lowest BCUT2D eigenvalue weighted by atomic mass is 10.0. The number of nitrogens with zero attached hydrogens (tertiary/aromatic N) is 3. The van der Waals surface area contributed by atoms with Crippen LogP contribution < -0.4 is 5.56 Å². The van der Waals surface area contributed by atoms with Gasteiger partial charge in [0.25, 0.3) is 5.56 Å². The van der Waals surface area contributed by atoms with E-state index in [1.807, 2.05) is 24.3 Å². The van der Waals surface area contributed by atoms with E-state index >= 15 is 0 Å². The first-order valence-electron chi connectivity index (χ1n) is 6.19. The average molecular weight is 254 g/mol. The van der Waals surface area contributed by atoms with E-state index in [1.165, 1.54) is 4.68 Å². The maximum atomic E-state index is 12.4. The van der Waals surface area contributed by atoms with Crippen LogP contribution in [0.4, 0.5) is 0 Å². The van der Waals surface area contributed by atoms with Gasteiger partial charge in [0.2, 0.25) is 0 Å². The van der Waals surface area contributed by atoms with Crippen molar-refractivity contribution in [3.63, 3.8) is 0 Å². The van der Waals surface area contributed by atoms with Gasteiger partial charge in [-0.1, -0.05) is 32.0 Å². The molecule has 0 saturated heterocycles. The molecule has 0 aliphatic rings. The van der Waals surface area contributed by atoms with Gasteiger partial charge in [-0.3, -0.25) is 9.89 Å². The molecule has 1 N–H and O–H groups in total. The summed E-state index contributed by atoms with van der Waals surface area (Å²) >= 11 is 0. The molecule has 0 atom stereocenters. The van der Waals surface area contributed by atoms with Gasteiger partial charge in [0.1, 0.15) is 5.52 Å². The Morgan fingerprint density at radius 1 is 1.21 bits per heavy atom. The quantitative estimate of drug-likeness (QED) is 0.762. The van der Waals surface area contributed by atoms with Crippen LogP contribution in [0.1, 0.15) is 25.3 Å². The minimum Gasteiger partial charge on any atom is -0.272 e. The SMILES string of the molecule is CC(C)c1ccccc1-n1ncc2cn[nH]c2c1=O. The number of nitrogens with one attached hydrogen (secondary N) is 1. The average Bonchev–Trinajstić information content (AvgIpc) is 2.88. The number of aromatic amines is 1. The largest absolute Gasteiger partial charge is 0.297 e. The van der Waals surface area contributed by atoms with Crippen molar-refractivity contribution in [2.24, 2.45) is 0 Å². The van der Waals surface area contributed by atoms with Crippen molar-refractivity contribution in [2.45, 2.75) is 19.8 Å². The van der Waals surface area contributed by atoms with Crippen LogP contribution in [0.15, 0.2) is 41.5 Å². The second-order valence-electron chi connectivity index (χ2n) is 4.78. The molecule has 19 heavy (non-hydrogen) atoms. The van der Waals surface area contributed by atoms with E-state index in [4.69, 9.17) is 0 Å². The number of rotatable bonds is 2. The van der Waals surface area contributed by atoms with Crippen LogP contribution in [-0.2, 0) is 0 Å². The molecule has 2 heterocycles. The van der Waals surface area contributed by atoms with Gasteiger partial charge in [0.15, 0.2) is 0 Å². The molecule has 0 amide bonds. The molecule has 0 unspecified atom stereocenters. The lowest BCUT2D eigenvalue weighted by Crippen LogP contribution is -2.22. The molecule has 0 saturated carbocycles. The molecule has 3 rings (SSSR count).